The van der Waals surface area contributed by atoms with Crippen molar-refractivity contribution in [1.82, 2.24) is 0 Å². The second-order valence-corrected chi connectivity index (χ2v) is 3.54. The summed E-state index contributed by atoms with van der Waals surface area (Å²) in [4.78, 5) is 0. The monoisotopic (exact) mass is 221 g/mol. The molecule has 1 aromatic rings. The molecule has 87 valence electrons. The van der Waals surface area contributed by atoms with Crippen molar-refractivity contribution in [3.8, 4) is 0 Å². The fraction of sp³-hybridized carbons (Fsp3) is 0.357. The molecule has 0 saturated heterocycles. The third kappa shape index (κ3) is 3.69. The van der Waals surface area contributed by atoms with E-state index < -0.39 is 0 Å². The molecule has 1 nitrogen and oxygen atoms in total. The summed E-state index contributed by atoms with van der Waals surface area (Å²) in [5, 5.41) is 0. The van der Waals surface area contributed by atoms with Gasteiger partial charge in [0.1, 0.15) is 11.6 Å². The van der Waals surface area contributed by atoms with E-state index in [0.717, 1.165) is 19.3 Å². The van der Waals surface area contributed by atoms with E-state index in [1.165, 1.54) is 6.07 Å². The van der Waals surface area contributed by atoms with Crippen LogP contribution >= 0.6 is 0 Å². The largest absolute Gasteiger partial charge is 0.493 e. The highest BCUT2D eigenvalue weighted by Crippen LogP contribution is 2.19. The highest BCUT2D eigenvalue weighted by molar-refractivity contribution is 5.59. The number of unbranched alkanes of at least 4 members (excludes halogenated alkanes) is 2. The van der Waals surface area contributed by atoms with Gasteiger partial charge in [-0.1, -0.05) is 31.9 Å². The first-order valence-electron chi connectivity index (χ1n) is 5.63. The van der Waals surface area contributed by atoms with Crippen molar-refractivity contribution in [3.05, 3.63) is 48.6 Å². The molecule has 0 spiro atoms. The van der Waals surface area contributed by atoms with Gasteiger partial charge in [-0.05, 0) is 31.6 Å². The van der Waals surface area contributed by atoms with Crippen LogP contribution < -0.4 is 0 Å². The van der Waals surface area contributed by atoms with Gasteiger partial charge in [-0.15, -0.1) is 0 Å². The molecule has 0 N–H and O–H groups in total. The van der Waals surface area contributed by atoms with Crippen LogP contribution in [0, 0.1) is 12.7 Å². The van der Waals surface area contributed by atoms with Crippen LogP contribution in [-0.4, -0.2) is 6.61 Å². The molecule has 0 fully saturated rings. The summed E-state index contributed by atoms with van der Waals surface area (Å²) < 4.78 is 19.0. The van der Waals surface area contributed by atoms with Crippen molar-refractivity contribution in [1.29, 1.82) is 0 Å². The van der Waals surface area contributed by atoms with Crippen molar-refractivity contribution in [2.75, 3.05) is 6.61 Å². The lowest BCUT2D eigenvalue weighted by Gasteiger charge is -2.10. The normalized spacial score (nSPS) is 11.6. The Balaban J connectivity index is 2.59. The molecule has 0 aromatic heterocycles. The van der Waals surface area contributed by atoms with Crippen molar-refractivity contribution in [3.63, 3.8) is 0 Å². The molecule has 0 saturated carbocycles. The molecule has 0 aliphatic rings. The maximum Gasteiger partial charge on any atom is 0.134 e. The Morgan fingerprint density at radius 1 is 1.38 bits per heavy atom. The van der Waals surface area contributed by atoms with Crippen LogP contribution in [0.25, 0.3) is 5.76 Å². The lowest BCUT2D eigenvalue weighted by atomic mass is 10.1. The topological polar surface area (TPSA) is 9.23 Å². The van der Waals surface area contributed by atoms with Crippen molar-refractivity contribution in [2.24, 2.45) is 0 Å². The number of hydrogen-bond donors (Lipinski definition) is 0. The highest BCUT2D eigenvalue weighted by atomic mass is 19.1. The molecule has 1 aromatic carbocycles. The molecule has 0 unspecified atom stereocenters. The number of ether oxygens (including phenoxy) is 1. The fourth-order valence-electron chi connectivity index (χ4n) is 1.44. The molecule has 0 atom stereocenters. The summed E-state index contributed by atoms with van der Waals surface area (Å²) in [6, 6.07) is 6.65. The predicted molar refractivity (Wildman–Crippen MR) is 65.2 cm³/mol. The molecule has 2 heteroatoms. The molecule has 0 aliphatic heterocycles. The van der Waals surface area contributed by atoms with Gasteiger partial charge in [-0.3, -0.25) is 0 Å². The first-order chi connectivity index (χ1) is 7.79. The van der Waals surface area contributed by atoms with Gasteiger partial charge in [0.25, 0.3) is 0 Å². The van der Waals surface area contributed by atoms with Crippen LogP contribution in [0.3, 0.4) is 0 Å². The van der Waals surface area contributed by atoms with E-state index in [1.807, 2.05) is 6.92 Å². The van der Waals surface area contributed by atoms with E-state index >= 15 is 0 Å². The Labute approximate surface area is 96.9 Å². The van der Waals surface area contributed by atoms with Gasteiger partial charge in [0.2, 0.25) is 0 Å². The number of rotatable bonds is 6. The summed E-state index contributed by atoms with van der Waals surface area (Å²) in [5.74, 6) is 0.370. The van der Waals surface area contributed by atoms with Crippen LogP contribution in [0.2, 0.25) is 0 Å². The van der Waals surface area contributed by atoms with E-state index in [4.69, 9.17) is 4.74 Å². The zero-order chi connectivity index (χ0) is 11.8. The Hall–Kier alpha value is -1.31. The first kappa shape index (κ1) is 12.8. The molecule has 0 amide bonds. The van der Waals surface area contributed by atoms with Crippen LogP contribution in [0.5, 0.6) is 0 Å². The zero-order valence-electron chi connectivity index (χ0n) is 9.71. The molecular weight excluding hydrogens is 203 g/mol. The van der Waals surface area contributed by atoms with Crippen LogP contribution in [0.15, 0.2) is 30.3 Å². The summed E-state index contributed by atoms with van der Waals surface area (Å²) in [7, 11) is 0. The van der Waals surface area contributed by atoms with Gasteiger partial charge in [0.05, 0.1) is 12.2 Å². The molecule has 16 heavy (non-hydrogen) atoms. The minimum atomic E-state index is -0.243. The van der Waals surface area contributed by atoms with Gasteiger partial charge in [-0.25, -0.2) is 4.39 Å². The number of halogens is 1. The zero-order valence-corrected chi connectivity index (χ0v) is 9.71. The quantitative estimate of drug-likeness (QED) is 0.516. The molecule has 0 bridgehead atoms. The Morgan fingerprint density at radius 2 is 2.12 bits per heavy atom. The number of allylic oxidation sites excluding steroid dienone is 1. The summed E-state index contributed by atoms with van der Waals surface area (Å²) in [6.07, 6.45) is 4.69. The molecule has 0 aliphatic carbocycles. The number of benzene rings is 1. The van der Waals surface area contributed by atoms with Crippen LogP contribution in [-0.2, 0) is 4.74 Å². The average molecular weight is 221 g/mol. The number of hydrogen-bond acceptors (Lipinski definition) is 1. The van der Waals surface area contributed by atoms with E-state index in [2.05, 4.69) is 6.92 Å². The van der Waals surface area contributed by atoms with Gasteiger partial charge in [0.15, 0.2) is 0 Å². The lowest BCUT2D eigenvalue weighted by molar-refractivity contribution is 0.266. The SMILES string of the molecule is [CH2]CCCCOC(=CC)c1ccccc1F. The summed E-state index contributed by atoms with van der Waals surface area (Å²) in [6.45, 7) is 6.23. The standard InChI is InChI=1S/C14H18FO/c1-3-5-8-11-16-14(4-2)12-9-6-7-10-13(12)15/h4,6-7,9-10H,1,3,5,8,11H2,2H3. The molecule has 1 rings (SSSR count). The van der Waals surface area contributed by atoms with E-state index in [-0.39, 0.29) is 5.82 Å². The minimum absolute atomic E-state index is 0.243. The molecule has 0 heterocycles. The summed E-state index contributed by atoms with van der Waals surface area (Å²) in [5.41, 5.74) is 0.527. The van der Waals surface area contributed by atoms with Gasteiger partial charge < -0.3 is 4.74 Å². The fourth-order valence-corrected chi connectivity index (χ4v) is 1.44. The summed E-state index contributed by atoms with van der Waals surface area (Å²) >= 11 is 0. The van der Waals surface area contributed by atoms with Crippen LogP contribution in [0.1, 0.15) is 31.7 Å². The Morgan fingerprint density at radius 3 is 2.75 bits per heavy atom. The first-order valence-corrected chi connectivity index (χ1v) is 5.63. The lowest BCUT2D eigenvalue weighted by Crippen LogP contribution is -1.97. The van der Waals surface area contributed by atoms with Gasteiger partial charge >= 0.3 is 0 Å². The van der Waals surface area contributed by atoms with Crippen molar-refractivity contribution >= 4 is 5.76 Å². The maximum atomic E-state index is 13.5. The van der Waals surface area contributed by atoms with E-state index in [1.54, 1.807) is 24.3 Å². The molecule has 1 radical (unpaired) electrons. The average Bonchev–Trinajstić information content (AvgIpc) is 2.31. The second-order valence-electron chi connectivity index (χ2n) is 3.54. The maximum absolute atomic E-state index is 13.5. The van der Waals surface area contributed by atoms with E-state index in [9.17, 15) is 4.39 Å². The smallest absolute Gasteiger partial charge is 0.134 e. The van der Waals surface area contributed by atoms with Crippen molar-refractivity contribution < 1.29 is 9.13 Å². The second kappa shape index (κ2) is 7.04. The van der Waals surface area contributed by atoms with Crippen molar-refractivity contribution in [2.45, 2.75) is 26.2 Å². The Kier molecular flexibility index (Phi) is 5.62. The van der Waals surface area contributed by atoms with Crippen LogP contribution in [0.4, 0.5) is 4.39 Å². The van der Waals surface area contributed by atoms with Gasteiger partial charge in [-0.2, -0.15) is 0 Å². The van der Waals surface area contributed by atoms with E-state index in [0.29, 0.717) is 17.9 Å². The highest BCUT2D eigenvalue weighted by Gasteiger charge is 2.06. The molecular formula is C14H18FO. The third-order valence-electron chi connectivity index (χ3n) is 2.30. The third-order valence-corrected chi connectivity index (χ3v) is 2.30. The van der Waals surface area contributed by atoms with Gasteiger partial charge in [0, 0.05) is 0 Å². The minimum Gasteiger partial charge on any atom is -0.493 e. The Bertz CT molecular complexity index is 344. The predicted octanol–water partition coefficient (Wildman–Crippen LogP) is 4.21.